The zero-order valence-corrected chi connectivity index (χ0v) is 11.6. The summed E-state index contributed by atoms with van der Waals surface area (Å²) in [6.45, 7) is 2.92. The van der Waals surface area contributed by atoms with Crippen LogP contribution in [0.3, 0.4) is 0 Å². The molecule has 0 heterocycles. The van der Waals surface area contributed by atoms with Crippen LogP contribution in [0.2, 0.25) is 0 Å². The second-order valence-electron chi connectivity index (χ2n) is 5.43. The lowest BCUT2D eigenvalue weighted by molar-refractivity contribution is -0.135. The number of carbonyl (C=O) groups is 1. The second kappa shape index (κ2) is 5.70. The first-order valence-electron chi connectivity index (χ1n) is 6.75. The van der Waals surface area contributed by atoms with E-state index < -0.39 is 0 Å². The van der Waals surface area contributed by atoms with Gasteiger partial charge in [0.15, 0.2) is 0 Å². The van der Waals surface area contributed by atoms with Gasteiger partial charge in [-0.3, -0.25) is 4.79 Å². The van der Waals surface area contributed by atoms with Gasteiger partial charge >= 0.3 is 0 Å². The van der Waals surface area contributed by atoms with E-state index in [0.717, 1.165) is 31.4 Å². The highest BCUT2D eigenvalue weighted by Gasteiger charge is 2.43. The van der Waals surface area contributed by atoms with Crippen molar-refractivity contribution in [3.8, 4) is 0 Å². The van der Waals surface area contributed by atoms with E-state index in [-0.39, 0.29) is 17.1 Å². The maximum Gasteiger partial charge on any atom is 0.227 e. The van der Waals surface area contributed by atoms with Gasteiger partial charge < -0.3 is 10.6 Å². The molecule has 19 heavy (non-hydrogen) atoms. The highest BCUT2D eigenvalue weighted by molar-refractivity contribution is 5.83. The molecule has 0 bridgehead atoms. The van der Waals surface area contributed by atoms with E-state index in [4.69, 9.17) is 0 Å². The molecule has 2 N–H and O–H groups in total. The average Bonchev–Trinajstić information content (AvgIpc) is 2.35. The van der Waals surface area contributed by atoms with Gasteiger partial charge in [0, 0.05) is 13.1 Å². The van der Waals surface area contributed by atoms with Crippen molar-refractivity contribution in [1.82, 2.24) is 10.6 Å². The molecule has 1 aromatic rings. The summed E-state index contributed by atoms with van der Waals surface area (Å²) < 4.78 is 13.2. The van der Waals surface area contributed by atoms with Crippen molar-refractivity contribution in [1.29, 1.82) is 0 Å². The minimum atomic E-state index is -0.232. The van der Waals surface area contributed by atoms with Gasteiger partial charge in [-0.05, 0) is 44.0 Å². The molecule has 1 saturated carbocycles. The van der Waals surface area contributed by atoms with Gasteiger partial charge in [0.1, 0.15) is 5.82 Å². The van der Waals surface area contributed by atoms with Crippen LogP contribution in [0.25, 0.3) is 0 Å². The fourth-order valence-electron chi connectivity index (χ4n) is 2.61. The van der Waals surface area contributed by atoms with Crippen LogP contribution in [0.5, 0.6) is 0 Å². The smallest absolute Gasteiger partial charge is 0.227 e. The lowest BCUT2D eigenvalue weighted by Gasteiger charge is -2.40. The minimum absolute atomic E-state index is 0.107. The molecule has 1 aliphatic carbocycles. The molecular weight excluding hydrogens is 243 g/mol. The molecule has 1 amide bonds. The number of halogens is 1. The monoisotopic (exact) mass is 264 g/mol. The van der Waals surface area contributed by atoms with Crippen molar-refractivity contribution in [2.45, 2.75) is 32.7 Å². The van der Waals surface area contributed by atoms with Crippen LogP contribution >= 0.6 is 0 Å². The molecular formula is C15H21FN2O. The number of nitrogens with one attached hydrogen (secondary N) is 2. The quantitative estimate of drug-likeness (QED) is 0.855. The lowest BCUT2D eigenvalue weighted by Crippen LogP contribution is -2.50. The molecule has 1 aromatic carbocycles. The van der Waals surface area contributed by atoms with Gasteiger partial charge in [-0.2, -0.15) is 0 Å². The largest absolute Gasteiger partial charge is 0.352 e. The number of carbonyl (C=O) groups excluding carboxylic acids is 1. The predicted molar refractivity (Wildman–Crippen MR) is 73.2 cm³/mol. The van der Waals surface area contributed by atoms with Gasteiger partial charge in [0.2, 0.25) is 5.91 Å². The first-order valence-corrected chi connectivity index (χ1v) is 6.75. The number of benzene rings is 1. The molecule has 0 spiro atoms. The summed E-state index contributed by atoms with van der Waals surface area (Å²) in [7, 11) is 1.87. The standard InChI is InChI=1S/C15H21FN2O/c1-11-8-12(4-5-13(11)16)9-18-14(19)15(10-17-2)6-3-7-15/h4-5,8,17H,3,6-7,9-10H2,1-2H3,(H,18,19). The topological polar surface area (TPSA) is 41.1 Å². The Labute approximate surface area is 113 Å². The normalized spacial score (nSPS) is 16.8. The number of rotatable bonds is 5. The maximum absolute atomic E-state index is 13.2. The highest BCUT2D eigenvalue weighted by atomic mass is 19.1. The molecule has 0 aromatic heterocycles. The molecule has 2 rings (SSSR count). The zero-order valence-electron chi connectivity index (χ0n) is 11.6. The summed E-state index contributed by atoms with van der Waals surface area (Å²) in [5.41, 5.74) is 1.32. The summed E-state index contributed by atoms with van der Waals surface area (Å²) >= 11 is 0. The molecule has 0 saturated heterocycles. The van der Waals surface area contributed by atoms with Gasteiger partial charge in [0.05, 0.1) is 5.41 Å². The second-order valence-corrected chi connectivity index (χ2v) is 5.43. The molecule has 3 nitrogen and oxygen atoms in total. The van der Waals surface area contributed by atoms with Crippen LogP contribution < -0.4 is 10.6 Å². The molecule has 0 unspecified atom stereocenters. The van der Waals surface area contributed by atoms with Crippen LogP contribution in [0, 0.1) is 18.2 Å². The summed E-state index contributed by atoms with van der Waals surface area (Å²) in [6, 6.07) is 4.94. The van der Waals surface area contributed by atoms with E-state index in [2.05, 4.69) is 10.6 Å². The number of amides is 1. The van der Waals surface area contributed by atoms with E-state index in [1.807, 2.05) is 7.05 Å². The SMILES string of the molecule is CNCC1(C(=O)NCc2ccc(F)c(C)c2)CCC1. The van der Waals surface area contributed by atoms with Crippen molar-refractivity contribution >= 4 is 5.91 Å². The van der Waals surface area contributed by atoms with Gasteiger partial charge in [-0.1, -0.05) is 18.6 Å². The number of hydrogen-bond donors (Lipinski definition) is 2. The fourth-order valence-corrected chi connectivity index (χ4v) is 2.61. The Morgan fingerprint density at radius 1 is 1.42 bits per heavy atom. The Bertz CT molecular complexity index is 469. The molecule has 104 valence electrons. The summed E-state index contributed by atoms with van der Waals surface area (Å²) in [5, 5.41) is 6.07. The third kappa shape index (κ3) is 2.95. The molecule has 0 atom stereocenters. The van der Waals surface area contributed by atoms with E-state index >= 15 is 0 Å². The van der Waals surface area contributed by atoms with Gasteiger partial charge in [-0.15, -0.1) is 0 Å². The first-order chi connectivity index (χ1) is 9.07. The van der Waals surface area contributed by atoms with Crippen molar-refractivity contribution in [3.63, 3.8) is 0 Å². The van der Waals surface area contributed by atoms with Crippen LogP contribution in [-0.4, -0.2) is 19.5 Å². The average molecular weight is 264 g/mol. The van der Waals surface area contributed by atoms with Crippen molar-refractivity contribution in [2.24, 2.45) is 5.41 Å². The Balaban J connectivity index is 1.94. The Morgan fingerprint density at radius 2 is 2.16 bits per heavy atom. The summed E-state index contributed by atoms with van der Waals surface area (Å²) in [6.07, 6.45) is 3.01. The van der Waals surface area contributed by atoms with Gasteiger partial charge in [-0.25, -0.2) is 4.39 Å². The van der Waals surface area contributed by atoms with Crippen molar-refractivity contribution in [2.75, 3.05) is 13.6 Å². The Kier molecular flexibility index (Phi) is 4.20. The summed E-state index contributed by atoms with van der Waals surface area (Å²) in [5.74, 6) is -0.101. The molecule has 1 aliphatic rings. The van der Waals surface area contributed by atoms with E-state index in [9.17, 15) is 9.18 Å². The minimum Gasteiger partial charge on any atom is -0.352 e. The van der Waals surface area contributed by atoms with Gasteiger partial charge in [0.25, 0.3) is 0 Å². The van der Waals surface area contributed by atoms with E-state index in [1.165, 1.54) is 6.07 Å². The summed E-state index contributed by atoms with van der Waals surface area (Å²) in [4.78, 5) is 12.2. The highest BCUT2D eigenvalue weighted by Crippen LogP contribution is 2.40. The molecule has 0 aliphatic heterocycles. The van der Waals surface area contributed by atoms with Crippen LogP contribution in [-0.2, 0) is 11.3 Å². The number of hydrogen-bond acceptors (Lipinski definition) is 2. The van der Waals surface area contributed by atoms with Crippen molar-refractivity contribution < 1.29 is 9.18 Å². The lowest BCUT2D eigenvalue weighted by atomic mass is 9.68. The third-order valence-corrected chi connectivity index (χ3v) is 3.98. The van der Waals surface area contributed by atoms with E-state index in [0.29, 0.717) is 12.1 Å². The molecule has 1 fully saturated rings. The third-order valence-electron chi connectivity index (χ3n) is 3.98. The van der Waals surface area contributed by atoms with Crippen LogP contribution in [0.4, 0.5) is 4.39 Å². The Morgan fingerprint density at radius 3 is 2.68 bits per heavy atom. The molecule has 0 radical (unpaired) electrons. The van der Waals surface area contributed by atoms with E-state index in [1.54, 1.807) is 19.1 Å². The zero-order chi connectivity index (χ0) is 13.9. The fraction of sp³-hybridized carbons (Fsp3) is 0.533. The maximum atomic E-state index is 13.2. The molecule has 4 heteroatoms. The first kappa shape index (κ1) is 14.0. The predicted octanol–water partition coefficient (Wildman–Crippen LogP) is 2.14. The Hall–Kier alpha value is -1.42. The number of aryl methyl sites for hydroxylation is 1. The van der Waals surface area contributed by atoms with Crippen LogP contribution in [0.15, 0.2) is 18.2 Å². The van der Waals surface area contributed by atoms with Crippen molar-refractivity contribution in [3.05, 3.63) is 35.1 Å². The van der Waals surface area contributed by atoms with Crippen LogP contribution in [0.1, 0.15) is 30.4 Å².